The SMILES string of the molecule is COc1cc(-c2cn(C)c(=O)c3cnccc23)cc(OC)c1CN1CCC2CCN(C(=O)CCOCCOc3ccc4c(c3)C(=O)N(C3CCC(=O)NC3=O)C4=O)CC21. The Balaban J connectivity index is 0.838. The number of nitrogens with one attached hydrogen (secondary N) is 1. The highest BCUT2D eigenvalue weighted by Gasteiger charge is 2.45. The molecule has 8 rings (SSSR count). The summed E-state index contributed by atoms with van der Waals surface area (Å²) >= 11 is 0. The number of methoxy groups -OCH3 is 2. The highest BCUT2D eigenvalue weighted by atomic mass is 16.5. The van der Waals surface area contributed by atoms with E-state index in [0.29, 0.717) is 48.2 Å². The summed E-state index contributed by atoms with van der Waals surface area (Å²) < 4.78 is 25.0. The minimum Gasteiger partial charge on any atom is -0.496 e. The van der Waals surface area contributed by atoms with Gasteiger partial charge in [0.15, 0.2) is 0 Å². The first-order valence-corrected chi connectivity index (χ1v) is 19.8. The lowest BCUT2D eigenvalue weighted by molar-refractivity contribution is -0.136. The molecule has 3 unspecified atom stereocenters. The first-order chi connectivity index (χ1) is 28.6. The predicted molar refractivity (Wildman–Crippen MR) is 213 cm³/mol. The van der Waals surface area contributed by atoms with Crippen molar-refractivity contribution in [2.75, 3.05) is 53.7 Å². The van der Waals surface area contributed by atoms with Crippen molar-refractivity contribution in [3.63, 3.8) is 0 Å². The molecule has 4 aliphatic heterocycles. The maximum absolute atomic E-state index is 13.4. The third-order valence-electron chi connectivity index (χ3n) is 12.0. The van der Waals surface area contributed by atoms with E-state index in [0.717, 1.165) is 46.4 Å². The Labute approximate surface area is 339 Å². The van der Waals surface area contributed by atoms with Crippen LogP contribution in [0.25, 0.3) is 21.9 Å². The molecule has 0 spiro atoms. The van der Waals surface area contributed by atoms with E-state index in [-0.39, 0.29) is 67.7 Å². The molecule has 0 bridgehead atoms. The maximum Gasteiger partial charge on any atom is 0.262 e. The van der Waals surface area contributed by atoms with Crippen molar-refractivity contribution in [3.05, 3.63) is 82.0 Å². The van der Waals surface area contributed by atoms with Gasteiger partial charge in [0.05, 0.1) is 55.9 Å². The fraction of sp³-hybridized carbons (Fsp3) is 0.419. The number of imide groups is 2. The Hall–Kier alpha value is -6.13. The van der Waals surface area contributed by atoms with Crippen LogP contribution in [-0.4, -0.2) is 120 Å². The van der Waals surface area contributed by atoms with Gasteiger partial charge in [0.25, 0.3) is 17.4 Å². The minimum atomic E-state index is -1.04. The van der Waals surface area contributed by atoms with E-state index in [1.807, 2.05) is 29.3 Å². The molecule has 16 nitrogen and oxygen atoms in total. The molecule has 308 valence electrons. The molecule has 3 saturated heterocycles. The lowest BCUT2D eigenvalue weighted by atomic mass is 9.91. The van der Waals surface area contributed by atoms with E-state index < -0.39 is 29.7 Å². The largest absolute Gasteiger partial charge is 0.496 e. The molecule has 3 fully saturated rings. The van der Waals surface area contributed by atoms with Crippen molar-refractivity contribution in [1.29, 1.82) is 0 Å². The van der Waals surface area contributed by atoms with Crippen LogP contribution in [-0.2, 0) is 32.7 Å². The number of hydrogen-bond acceptors (Lipinski definition) is 12. The summed E-state index contributed by atoms with van der Waals surface area (Å²) in [6, 6.07) is 9.50. The second-order valence-corrected chi connectivity index (χ2v) is 15.3. The van der Waals surface area contributed by atoms with Crippen LogP contribution in [0.2, 0.25) is 0 Å². The van der Waals surface area contributed by atoms with Gasteiger partial charge in [-0.05, 0) is 79.1 Å². The number of hydrogen-bond donors (Lipinski definition) is 1. The molecule has 5 amide bonds. The maximum atomic E-state index is 13.4. The standard InChI is InChI=1S/C43H46N6O10/c1-46-22-32(28-8-12-44-21-31(28)41(46)53)26-18-36(56-2)33(37(19-26)57-3)23-47-13-9-25-10-14-48(24-35(25)47)39(51)11-15-58-16-17-59-27-4-5-29-30(20-27)43(55)49(42(29)54)34-6-7-38(50)45-40(34)52/h4-5,8,12,18-22,25,34-35H,6-7,9-11,13-17,23-24H2,1-3H3,(H,45,50,52). The van der Waals surface area contributed by atoms with Gasteiger partial charge in [0.2, 0.25) is 17.7 Å². The Morgan fingerprint density at radius 2 is 1.63 bits per heavy atom. The van der Waals surface area contributed by atoms with Crippen LogP contribution in [0.4, 0.5) is 0 Å². The zero-order valence-electron chi connectivity index (χ0n) is 33.2. The molecule has 16 heteroatoms. The van der Waals surface area contributed by atoms with Gasteiger partial charge >= 0.3 is 0 Å². The molecule has 2 aromatic carbocycles. The van der Waals surface area contributed by atoms with Gasteiger partial charge in [-0.2, -0.15) is 0 Å². The zero-order chi connectivity index (χ0) is 41.4. The van der Waals surface area contributed by atoms with Crippen LogP contribution in [0, 0.1) is 5.92 Å². The fourth-order valence-electron chi connectivity index (χ4n) is 8.87. The normalized spacial score (nSPS) is 20.5. The molecule has 3 atom stereocenters. The van der Waals surface area contributed by atoms with Gasteiger partial charge in [-0.25, -0.2) is 0 Å². The lowest BCUT2D eigenvalue weighted by Gasteiger charge is -2.39. The van der Waals surface area contributed by atoms with Gasteiger partial charge in [0, 0.05) is 63.3 Å². The number of rotatable bonds is 13. The van der Waals surface area contributed by atoms with Gasteiger partial charge in [-0.15, -0.1) is 0 Å². The Bertz CT molecular complexity index is 2390. The third-order valence-corrected chi connectivity index (χ3v) is 12.0. The van der Waals surface area contributed by atoms with Crippen LogP contribution < -0.4 is 25.1 Å². The Morgan fingerprint density at radius 3 is 2.39 bits per heavy atom. The number of nitrogens with zero attached hydrogens (tertiary/aromatic N) is 5. The number of aromatic nitrogens is 2. The van der Waals surface area contributed by atoms with Crippen LogP contribution in [0.5, 0.6) is 17.2 Å². The number of fused-ring (bicyclic) bond motifs is 3. The highest BCUT2D eigenvalue weighted by Crippen LogP contribution is 2.40. The van der Waals surface area contributed by atoms with Crippen molar-refractivity contribution < 1.29 is 42.9 Å². The van der Waals surface area contributed by atoms with Gasteiger partial charge in [-0.3, -0.25) is 48.9 Å². The number of ether oxygens (including phenoxy) is 4. The molecule has 0 radical (unpaired) electrons. The molecular formula is C43H46N6O10. The summed E-state index contributed by atoms with van der Waals surface area (Å²) in [6.45, 7) is 3.37. The average molecular weight is 807 g/mol. The molecule has 0 saturated carbocycles. The van der Waals surface area contributed by atoms with Crippen LogP contribution in [0.15, 0.2) is 59.8 Å². The number of piperidine rings is 2. The predicted octanol–water partition coefficient (Wildman–Crippen LogP) is 2.93. The first kappa shape index (κ1) is 39.7. The number of carbonyl (C=O) groups excluding carboxylic acids is 5. The van der Waals surface area contributed by atoms with Crippen molar-refractivity contribution in [2.24, 2.45) is 13.0 Å². The average Bonchev–Trinajstić information content (AvgIpc) is 3.76. The summed E-state index contributed by atoms with van der Waals surface area (Å²) in [5.74, 6) is -0.0635. The summed E-state index contributed by atoms with van der Waals surface area (Å²) in [5, 5.41) is 3.52. The minimum absolute atomic E-state index is 0.0257. The molecular weight excluding hydrogens is 761 g/mol. The van der Waals surface area contributed by atoms with Gasteiger partial charge < -0.3 is 28.4 Å². The molecule has 0 aliphatic carbocycles. The summed E-state index contributed by atoms with van der Waals surface area (Å²) in [5.41, 5.74) is 2.83. The summed E-state index contributed by atoms with van der Waals surface area (Å²) in [6.07, 6.45) is 7.40. The van der Waals surface area contributed by atoms with E-state index in [1.165, 1.54) is 12.1 Å². The molecule has 4 aromatic rings. The topological polar surface area (TPSA) is 179 Å². The van der Waals surface area contributed by atoms with Crippen LogP contribution >= 0.6 is 0 Å². The number of likely N-dealkylation sites (tertiary alicyclic amines) is 2. The van der Waals surface area contributed by atoms with E-state index in [9.17, 15) is 28.8 Å². The van der Waals surface area contributed by atoms with Crippen LogP contribution in [0.3, 0.4) is 0 Å². The zero-order valence-corrected chi connectivity index (χ0v) is 33.2. The van der Waals surface area contributed by atoms with E-state index >= 15 is 0 Å². The number of carbonyl (C=O) groups is 5. The van der Waals surface area contributed by atoms with Crippen molar-refractivity contribution in [2.45, 2.75) is 50.7 Å². The second kappa shape index (κ2) is 16.6. The Morgan fingerprint density at radius 1 is 0.864 bits per heavy atom. The fourth-order valence-corrected chi connectivity index (χ4v) is 8.87. The van der Waals surface area contributed by atoms with E-state index in [2.05, 4.69) is 15.2 Å². The van der Waals surface area contributed by atoms with Crippen molar-refractivity contribution >= 4 is 40.3 Å². The lowest BCUT2D eigenvalue weighted by Crippen LogP contribution is -2.54. The Kier molecular flexibility index (Phi) is 11.2. The number of aryl methyl sites for hydroxylation is 1. The molecule has 4 aliphatic rings. The molecule has 2 aromatic heterocycles. The molecule has 1 N–H and O–H groups in total. The smallest absolute Gasteiger partial charge is 0.262 e. The van der Waals surface area contributed by atoms with Gasteiger partial charge in [-0.1, -0.05) is 0 Å². The van der Waals surface area contributed by atoms with E-state index in [4.69, 9.17) is 18.9 Å². The molecule has 6 heterocycles. The van der Waals surface area contributed by atoms with Crippen molar-refractivity contribution in [1.82, 2.24) is 29.6 Å². The van der Waals surface area contributed by atoms with Crippen molar-refractivity contribution in [3.8, 4) is 28.4 Å². The highest BCUT2D eigenvalue weighted by molar-refractivity contribution is 6.23. The summed E-state index contributed by atoms with van der Waals surface area (Å²) in [4.78, 5) is 85.6. The third kappa shape index (κ3) is 7.65. The second-order valence-electron chi connectivity index (χ2n) is 15.3. The summed E-state index contributed by atoms with van der Waals surface area (Å²) in [7, 11) is 5.01. The van der Waals surface area contributed by atoms with Crippen LogP contribution in [0.1, 0.15) is 58.4 Å². The monoisotopic (exact) mass is 806 g/mol. The number of benzene rings is 2. The quantitative estimate of drug-likeness (QED) is 0.155. The van der Waals surface area contributed by atoms with Gasteiger partial charge in [0.1, 0.15) is 29.9 Å². The number of amides is 5. The number of pyridine rings is 2. The molecule has 59 heavy (non-hydrogen) atoms. The van der Waals surface area contributed by atoms with E-state index in [1.54, 1.807) is 44.3 Å². The first-order valence-electron chi connectivity index (χ1n) is 19.8.